The minimum Gasteiger partial charge on any atom is -0.310 e. The molecule has 0 bridgehead atoms. The van der Waals surface area contributed by atoms with Gasteiger partial charge in [-0.25, -0.2) is 0 Å². The van der Waals surface area contributed by atoms with Gasteiger partial charge in [0, 0.05) is 33.5 Å². The summed E-state index contributed by atoms with van der Waals surface area (Å²) in [6, 6.07) is 97.5. The van der Waals surface area contributed by atoms with Crippen LogP contribution in [0.3, 0.4) is 0 Å². The number of benzene rings is 12. The summed E-state index contributed by atoms with van der Waals surface area (Å²) in [5, 5.41) is 9.91. The fourth-order valence-corrected chi connectivity index (χ4v) is 10.7. The Morgan fingerprint density at radius 2 is 0.750 bits per heavy atom. The third-order valence-corrected chi connectivity index (χ3v) is 13.8. The van der Waals surface area contributed by atoms with Gasteiger partial charge in [-0.15, -0.1) is 0 Å². The Labute approximate surface area is 395 Å². The standard InChI is InChI=1S/C66H44N2/c1-4-18-48(19-5-1)65-60-28-13-12-26-57(60)58-41-40-54(44-62(58)66(65)49-20-6-2-7-21-49)67(53-38-33-47(34-39-53)56-29-16-22-46-17-10-11-25-55(46)56)52-36-31-45(32-37-52)50-35-42-64-61(43-50)59-27-14-15-30-63(59)68(64)51-23-8-3-9-24-51/h1-44H. The van der Waals surface area contributed by atoms with Crippen LogP contribution in [0.1, 0.15) is 0 Å². The van der Waals surface area contributed by atoms with Gasteiger partial charge in [0.15, 0.2) is 0 Å². The van der Waals surface area contributed by atoms with Gasteiger partial charge in [-0.2, -0.15) is 0 Å². The van der Waals surface area contributed by atoms with E-state index >= 15 is 0 Å². The Morgan fingerprint density at radius 3 is 1.46 bits per heavy atom. The van der Waals surface area contributed by atoms with Gasteiger partial charge >= 0.3 is 0 Å². The fraction of sp³-hybridized carbons (Fsp3) is 0. The van der Waals surface area contributed by atoms with Crippen LogP contribution in [0.4, 0.5) is 17.1 Å². The molecule has 0 aliphatic carbocycles. The molecular weight excluding hydrogens is 821 g/mol. The van der Waals surface area contributed by atoms with E-state index in [-0.39, 0.29) is 0 Å². The molecule has 13 aromatic rings. The molecule has 0 amide bonds. The quantitative estimate of drug-likeness (QED) is 0.138. The molecule has 318 valence electrons. The monoisotopic (exact) mass is 864 g/mol. The average Bonchev–Trinajstić information content (AvgIpc) is 3.75. The Balaban J connectivity index is 0.990. The van der Waals surface area contributed by atoms with Crippen molar-refractivity contribution in [1.29, 1.82) is 0 Å². The van der Waals surface area contributed by atoms with Gasteiger partial charge in [0.05, 0.1) is 11.0 Å². The summed E-state index contributed by atoms with van der Waals surface area (Å²) in [5.74, 6) is 0. The molecule has 0 aliphatic heterocycles. The number of anilines is 3. The predicted molar refractivity (Wildman–Crippen MR) is 290 cm³/mol. The van der Waals surface area contributed by atoms with E-state index in [1.54, 1.807) is 0 Å². The molecule has 0 aliphatic rings. The number of rotatable bonds is 8. The number of fused-ring (bicyclic) bond motifs is 7. The lowest BCUT2D eigenvalue weighted by atomic mass is 9.85. The molecule has 0 fully saturated rings. The summed E-state index contributed by atoms with van der Waals surface area (Å²) in [6.07, 6.45) is 0. The van der Waals surface area contributed by atoms with Gasteiger partial charge in [0.1, 0.15) is 0 Å². The second-order valence-electron chi connectivity index (χ2n) is 17.6. The number of aromatic nitrogens is 1. The molecule has 2 nitrogen and oxygen atoms in total. The van der Waals surface area contributed by atoms with Gasteiger partial charge in [0.2, 0.25) is 0 Å². The van der Waals surface area contributed by atoms with Crippen LogP contribution >= 0.6 is 0 Å². The number of nitrogens with zero attached hydrogens (tertiary/aromatic N) is 2. The second-order valence-corrected chi connectivity index (χ2v) is 17.6. The normalized spacial score (nSPS) is 11.5. The molecule has 0 unspecified atom stereocenters. The van der Waals surface area contributed by atoms with Crippen molar-refractivity contribution in [2.75, 3.05) is 4.90 Å². The van der Waals surface area contributed by atoms with Crippen LogP contribution in [-0.4, -0.2) is 4.57 Å². The van der Waals surface area contributed by atoms with Crippen molar-refractivity contribution in [3.8, 4) is 50.2 Å². The Bertz CT molecular complexity index is 3980. The van der Waals surface area contributed by atoms with E-state index in [9.17, 15) is 0 Å². The van der Waals surface area contributed by atoms with Crippen LogP contribution < -0.4 is 4.90 Å². The Kier molecular flexibility index (Phi) is 9.54. The molecule has 0 atom stereocenters. The lowest BCUT2D eigenvalue weighted by Gasteiger charge is -2.27. The molecule has 1 heterocycles. The van der Waals surface area contributed by atoms with E-state index in [2.05, 4.69) is 276 Å². The molecule has 0 spiro atoms. The number of hydrogen-bond acceptors (Lipinski definition) is 1. The van der Waals surface area contributed by atoms with Gasteiger partial charge in [0.25, 0.3) is 0 Å². The highest BCUT2D eigenvalue weighted by Gasteiger charge is 2.21. The van der Waals surface area contributed by atoms with Gasteiger partial charge < -0.3 is 9.47 Å². The summed E-state index contributed by atoms with van der Waals surface area (Å²) < 4.78 is 2.37. The maximum absolute atomic E-state index is 2.42. The summed E-state index contributed by atoms with van der Waals surface area (Å²) in [6.45, 7) is 0. The molecule has 2 heteroatoms. The van der Waals surface area contributed by atoms with Crippen molar-refractivity contribution in [3.63, 3.8) is 0 Å². The molecule has 0 N–H and O–H groups in total. The molecule has 0 saturated carbocycles. The van der Waals surface area contributed by atoms with Crippen LogP contribution in [0.5, 0.6) is 0 Å². The van der Waals surface area contributed by atoms with Gasteiger partial charge in [-0.3, -0.25) is 0 Å². The van der Waals surface area contributed by atoms with Crippen LogP contribution in [-0.2, 0) is 0 Å². The molecule has 0 radical (unpaired) electrons. The summed E-state index contributed by atoms with van der Waals surface area (Å²) in [4.78, 5) is 2.42. The first-order chi connectivity index (χ1) is 33.7. The lowest BCUT2D eigenvalue weighted by Crippen LogP contribution is -2.10. The molecule has 13 rings (SSSR count). The molecule has 0 saturated heterocycles. The van der Waals surface area contributed by atoms with E-state index < -0.39 is 0 Å². The Hall–Kier alpha value is -8.98. The summed E-state index contributed by atoms with van der Waals surface area (Å²) in [5.41, 5.74) is 16.5. The topological polar surface area (TPSA) is 8.17 Å². The van der Waals surface area contributed by atoms with Crippen LogP contribution in [0, 0.1) is 0 Å². The smallest absolute Gasteiger partial charge is 0.0541 e. The van der Waals surface area contributed by atoms with E-state index in [1.807, 2.05) is 0 Å². The molecular formula is C66H44N2. The zero-order valence-electron chi connectivity index (χ0n) is 37.3. The minimum atomic E-state index is 1.08. The summed E-state index contributed by atoms with van der Waals surface area (Å²) >= 11 is 0. The highest BCUT2D eigenvalue weighted by molar-refractivity contribution is 6.22. The highest BCUT2D eigenvalue weighted by Crippen LogP contribution is 2.47. The van der Waals surface area contributed by atoms with Crippen molar-refractivity contribution in [2.45, 2.75) is 0 Å². The lowest BCUT2D eigenvalue weighted by molar-refractivity contribution is 1.18. The second kappa shape index (κ2) is 16.5. The highest BCUT2D eigenvalue weighted by atomic mass is 15.1. The third-order valence-electron chi connectivity index (χ3n) is 13.8. The van der Waals surface area contributed by atoms with E-state index in [0.717, 1.165) is 22.7 Å². The first kappa shape index (κ1) is 39.4. The van der Waals surface area contributed by atoms with Gasteiger partial charge in [-0.05, 0) is 144 Å². The van der Waals surface area contributed by atoms with E-state index in [0.29, 0.717) is 0 Å². The zero-order valence-corrected chi connectivity index (χ0v) is 37.3. The van der Waals surface area contributed by atoms with Crippen LogP contribution in [0.15, 0.2) is 267 Å². The van der Waals surface area contributed by atoms with Crippen LogP contribution in [0.2, 0.25) is 0 Å². The first-order valence-electron chi connectivity index (χ1n) is 23.4. The van der Waals surface area contributed by atoms with Gasteiger partial charge in [-0.1, -0.05) is 200 Å². The van der Waals surface area contributed by atoms with Crippen molar-refractivity contribution >= 4 is 71.2 Å². The maximum Gasteiger partial charge on any atom is 0.0541 e. The first-order valence-corrected chi connectivity index (χ1v) is 23.4. The largest absolute Gasteiger partial charge is 0.310 e. The van der Waals surface area contributed by atoms with Crippen molar-refractivity contribution in [1.82, 2.24) is 4.57 Å². The summed E-state index contributed by atoms with van der Waals surface area (Å²) in [7, 11) is 0. The zero-order chi connectivity index (χ0) is 45.0. The van der Waals surface area contributed by atoms with Crippen molar-refractivity contribution < 1.29 is 0 Å². The fourth-order valence-electron chi connectivity index (χ4n) is 10.7. The van der Waals surface area contributed by atoms with Crippen LogP contribution in [0.25, 0.3) is 104 Å². The van der Waals surface area contributed by atoms with Crippen molar-refractivity contribution in [3.05, 3.63) is 267 Å². The molecule has 68 heavy (non-hydrogen) atoms. The predicted octanol–water partition coefficient (Wildman–Crippen LogP) is 18.4. The third kappa shape index (κ3) is 6.65. The number of hydrogen-bond donors (Lipinski definition) is 0. The minimum absolute atomic E-state index is 1.08. The molecule has 12 aromatic carbocycles. The average molecular weight is 865 g/mol. The maximum atomic E-state index is 2.42. The Morgan fingerprint density at radius 1 is 0.250 bits per heavy atom. The van der Waals surface area contributed by atoms with E-state index in [1.165, 1.54) is 98.6 Å². The van der Waals surface area contributed by atoms with Crippen molar-refractivity contribution in [2.24, 2.45) is 0 Å². The molecule has 1 aromatic heterocycles. The SMILES string of the molecule is c1ccc(-c2c(-c3ccccc3)c3cc(N(c4ccc(-c5ccc6c(c5)c5ccccc5n6-c5ccccc5)cc4)c4ccc(-c5cccc6ccccc56)cc4)ccc3c3ccccc23)cc1. The van der Waals surface area contributed by atoms with E-state index in [4.69, 9.17) is 0 Å². The number of para-hydroxylation sites is 2.